The SMILES string of the molecule is O=[N+]([O-])c1cc(-c2nc(-c3ccccn3)no2)ccc1N1CCOCC1. The predicted molar refractivity (Wildman–Crippen MR) is 92.7 cm³/mol. The summed E-state index contributed by atoms with van der Waals surface area (Å²) in [4.78, 5) is 21.6. The Morgan fingerprint density at radius 2 is 2.00 bits per heavy atom. The van der Waals surface area contributed by atoms with Crippen LogP contribution in [0.4, 0.5) is 11.4 Å². The van der Waals surface area contributed by atoms with Crippen LogP contribution in [0.1, 0.15) is 0 Å². The lowest BCUT2D eigenvalue weighted by atomic mass is 10.1. The Bertz CT molecular complexity index is 922. The first-order valence-electron chi connectivity index (χ1n) is 8.09. The number of hydrogen-bond donors (Lipinski definition) is 0. The Morgan fingerprint density at radius 3 is 2.73 bits per heavy atom. The number of morpholine rings is 1. The molecule has 1 aliphatic rings. The van der Waals surface area contributed by atoms with Gasteiger partial charge in [-0.15, -0.1) is 0 Å². The fraction of sp³-hybridized carbons (Fsp3) is 0.235. The minimum atomic E-state index is -0.398. The number of ether oxygens (including phenoxy) is 1. The Kier molecular flexibility index (Phi) is 4.28. The Balaban J connectivity index is 1.68. The summed E-state index contributed by atoms with van der Waals surface area (Å²) in [6, 6.07) is 10.3. The zero-order chi connectivity index (χ0) is 17.9. The van der Waals surface area contributed by atoms with E-state index in [1.165, 1.54) is 6.07 Å². The summed E-state index contributed by atoms with van der Waals surface area (Å²) in [6.07, 6.45) is 1.63. The average Bonchev–Trinajstić information content (AvgIpc) is 3.19. The smallest absolute Gasteiger partial charge is 0.293 e. The van der Waals surface area contributed by atoms with Crippen molar-refractivity contribution in [1.29, 1.82) is 0 Å². The van der Waals surface area contributed by atoms with E-state index in [-0.39, 0.29) is 11.6 Å². The van der Waals surface area contributed by atoms with Crippen molar-refractivity contribution in [2.24, 2.45) is 0 Å². The number of rotatable bonds is 4. The molecule has 26 heavy (non-hydrogen) atoms. The highest BCUT2D eigenvalue weighted by molar-refractivity contribution is 5.71. The maximum Gasteiger partial charge on any atom is 0.293 e. The van der Waals surface area contributed by atoms with E-state index >= 15 is 0 Å². The van der Waals surface area contributed by atoms with Gasteiger partial charge in [-0.05, 0) is 24.3 Å². The largest absolute Gasteiger partial charge is 0.378 e. The summed E-state index contributed by atoms with van der Waals surface area (Å²) in [5, 5.41) is 15.4. The summed E-state index contributed by atoms with van der Waals surface area (Å²) in [6.45, 7) is 2.33. The van der Waals surface area contributed by atoms with Gasteiger partial charge in [-0.1, -0.05) is 11.2 Å². The Labute approximate surface area is 148 Å². The Morgan fingerprint density at radius 1 is 1.15 bits per heavy atom. The molecule has 1 fully saturated rings. The number of nitro groups is 1. The molecule has 0 spiro atoms. The van der Waals surface area contributed by atoms with E-state index in [2.05, 4.69) is 15.1 Å². The van der Waals surface area contributed by atoms with E-state index < -0.39 is 4.92 Å². The number of pyridine rings is 1. The molecule has 0 amide bonds. The summed E-state index contributed by atoms with van der Waals surface area (Å²) in [7, 11) is 0. The van der Waals surface area contributed by atoms with E-state index in [1.807, 2.05) is 11.0 Å². The van der Waals surface area contributed by atoms with Crippen LogP contribution >= 0.6 is 0 Å². The number of anilines is 1. The van der Waals surface area contributed by atoms with E-state index in [0.29, 0.717) is 49.1 Å². The van der Waals surface area contributed by atoms with Gasteiger partial charge in [0.25, 0.3) is 11.6 Å². The minimum absolute atomic E-state index is 0.00184. The van der Waals surface area contributed by atoms with E-state index in [0.717, 1.165) is 0 Å². The molecular formula is C17H15N5O4. The molecular weight excluding hydrogens is 338 g/mol. The molecule has 0 aliphatic carbocycles. The van der Waals surface area contributed by atoms with E-state index in [1.54, 1.807) is 30.5 Å². The summed E-state index contributed by atoms with van der Waals surface area (Å²) < 4.78 is 10.6. The van der Waals surface area contributed by atoms with Crippen LogP contribution in [0.5, 0.6) is 0 Å². The third-order valence-electron chi connectivity index (χ3n) is 4.09. The molecule has 1 saturated heterocycles. The van der Waals surface area contributed by atoms with Crippen molar-refractivity contribution in [1.82, 2.24) is 15.1 Å². The first kappa shape index (κ1) is 16.2. The van der Waals surface area contributed by atoms with Gasteiger partial charge in [-0.25, -0.2) is 0 Å². The molecule has 9 heteroatoms. The lowest BCUT2D eigenvalue weighted by Crippen LogP contribution is -2.36. The third kappa shape index (κ3) is 3.11. The summed E-state index contributed by atoms with van der Waals surface area (Å²) in [5.74, 6) is 0.544. The average molecular weight is 353 g/mol. The van der Waals surface area contributed by atoms with Gasteiger partial charge in [0.15, 0.2) is 0 Å². The summed E-state index contributed by atoms with van der Waals surface area (Å²) >= 11 is 0. The normalized spacial score (nSPS) is 14.4. The molecule has 3 heterocycles. The van der Waals surface area contributed by atoms with Gasteiger partial charge in [0.05, 0.1) is 18.1 Å². The second-order valence-corrected chi connectivity index (χ2v) is 5.70. The zero-order valence-corrected chi connectivity index (χ0v) is 13.7. The molecule has 1 aliphatic heterocycles. The molecule has 0 N–H and O–H groups in total. The van der Waals surface area contributed by atoms with Crippen molar-refractivity contribution in [2.75, 3.05) is 31.2 Å². The number of nitro benzene ring substituents is 1. The lowest BCUT2D eigenvalue weighted by molar-refractivity contribution is -0.384. The van der Waals surface area contributed by atoms with Gasteiger partial charge >= 0.3 is 0 Å². The van der Waals surface area contributed by atoms with Crippen LogP contribution in [0.3, 0.4) is 0 Å². The number of benzene rings is 1. The number of aromatic nitrogens is 3. The van der Waals surface area contributed by atoms with E-state index in [9.17, 15) is 10.1 Å². The van der Waals surface area contributed by atoms with Crippen LogP contribution in [0, 0.1) is 10.1 Å². The van der Waals surface area contributed by atoms with Gasteiger partial charge in [0, 0.05) is 30.9 Å². The maximum atomic E-state index is 11.5. The van der Waals surface area contributed by atoms with Crippen LogP contribution in [-0.2, 0) is 4.74 Å². The van der Waals surface area contributed by atoms with Crippen molar-refractivity contribution >= 4 is 11.4 Å². The first-order valence-corrected chi connectivity index (χ1v) is 8.09. The van der Waals surface area contributed by atoms with Crippen LogP contribution in [0.25, 0.3) is 23.0 Å². The number of nitrogens with zero attached hydrogens (tertiary/aromatic N) is 5. The molecule has 0 radical (unpaired) electrons. The van der Waals surface area contributed by atoms with Crippen molar-refractivity contribution in [2.45, 2.75) is 0 Å². The fourth-order valence-electron chi connectivity index (χ4n) is 2.81. The molecule has 9 nitrogen and oxygen atoms in total. The molecule has 0 saturated carbocycles. The molecule has 0 atom stereocenters. The third-order valence-corrected chi connectivity index (χ3v) is 4.09. The van der Waals surface area contributed by atoms with Crippen molar-refractivity contribution in [3.05, 3.63) is 52.7 Å². The molecule has 132 valence electrons. The molecule has 1 aromatic carbocycles. The van der Waals surface area contributed by atoms with Gasteiger partial charge < -0.3 is 14.2 Å². The van der Waals surface area contributed by atoms with Crippen LogP contribution in [0.2, 0.25) is 0 Å². The van der Waals surface area contributed by atoms with Crippen LogP contribution < -0.4 is 4.90 Å². The van der Waals surface area contributed by atoms with Crippen molar-refractivity contribution in [3.8, 4) is 23.0 Å². The highest BCUT2D eigenvalue weighted by Gasteiger charge is 2.23. The van der Waals surface area contributed by atoms with Crippen LogP contribution in [-0.4, -0.2) is 46.4 Å². The first-order chi connectivity index (χ1) is 12.7. The molecule has 4 rings (SSSR count). The fourth-order valence-corrected chi connectivity index (χ4v) is 2.81. The lowest BCUT2D eigenvalue weighted by Gasteiger charge is -2.28. The van der Waals surface area contributed by atoms with Crippen molar-refractivity contribution in [3.63, 3.8) is 0 Å². The van der Waals surface area contributed by atoms with Gasteiger partial charge in [-0.2, -0.15) is 4.98 Å². The van der Waals surface area contributed by atoms with Crippen molar-refractivity contribution < 1.29 is 14.2 Å². The molecule has 0 bridgehead atoms. The topological polar surface area (TPSA) is 107 Å². The van der Waals surface area contributed by atoms with E-state index in [4.69, 9.17) is 9.26 Å². The molecule has 0 unspecified atom stereocenters. The Hall–Kier alpha value is -3.33. The van der Waals surface area contributed by atoms with Gasteiger partial charge in [0.1, 0.15) is 11.4 Å². The predicted octanol–water partition coefficient (Wildman–Crippen LogP) is 2.54. The maximum absolute atomic E-state index is 11.5. The standard InChI is InChI=1S/C17H15N5O4/c23-22(24)15-11-12(4-5-14(15)21-7-9-25-10-8-21)17-19-16(20-26-17)13-3-1-2-6-18-13/h1-6,11H,7-10H2. The highest BCUT2D eigenvalue weighted by Crippen LogP contribution is 2.33. The van der Waals surface area contributed by atoms with Gasteiger partial charge in [-0.3, -0.25) is 15.1 Å². The molecule has 2 aromatic heterocycles. The monoisotopic (exact) mass is 353 g/mol. The number of hydrogen-bond acceptors (Lipinski definition) is 8. The minimum Gasteiger partial charge on any atom is -0.378 e. The zero-order valence-electron chi connectivity index (χ0n) is 13.7. The van der Waals surface area contributed by atoms with Crippen LogP contribution in [0.15, 0.2) is 47.1 Å². The van der Waals surface area contributed by atoms with Gasteiger partial charge in [0.2, 0.25) is 5.82 Å². The highest BCUT2D eigenvalue weighted by atomic mass is 16.6. The quantitative estimate of drug-likeness (QED) is 0.520. The second-order valence-electron chi connectivity index (χ2n) is 5.70. The second kappa shape index (κ2) is 6.89. The molecule has 3 aromatic rings. The summed E-state index contributed by atoms with van der Waals surface area (Å²) in [5.41, 5.74) is 1.62.